The molecule has 1 N–H and O–H groups in total. The van der Waals surface area contributed by atoms with Crippen LogP contribution in [-0.4, -0.2) is 53.7 Å². The number of hydrogen-bond acceptors (Lipinski definition) is 4. The van der Waals surface area contributed by atoms with Gasteiger partial charge in [-0.05, 0) is 26.3 Å². The van der Waals surface area contributed by atoms with Crippen LogP contribution in [0, 0.1) is 18.3 Å². The number of nitriles is 1. The lowest BCUT2D eigenvalue weighted by Gasteiger charge is -2.32. The molecule has 0 aliphatic heterocycles. The quantitative estimate of drug-likeness (QED) is 0.566. The summed E-state index contributed by atoms with van der Waals surface area (Å²) in [5.41, 5.74) is -0.744. The average Bonchev–Trinajstić information content (AvgIpc) is 2.96. The van der Waals surface area contributed by atoms with Gasteiger partial charge < -0.3 is 10.2 Å². The first-order valence-electron chi connectivity index (χ1n) is 8.26. The fourth-order valence-electron chi connectivity index (χ4n) is 2.29. The molecule has 0 atom stereocenters. The Morgan fingerprint density at radius 3 is 1.87 bits per heavy atom. The lowest BCUT2D eigenvalue weighted by Crippen LogP contribution is -2.64. The van der Waals surface area contributed by atoms with E-state index in [1.165, 1.54) is 17.9 Å². The maximum Gasteiger partial charge on any atom is 0.460 e. The van der Waals surface area contributed by atoms with Gasteiger partial charge in [-0.1, -0.05) is 0 Å². The predicted molar refractivity (Wildman–Crippen MR) is 90.5 cm³/mol. The van der Waals surface area contributed by atoms with Crippen molar-refractivity contribution in [1.29, 1.82) is 5.26 Å². The zero-order valence-electron chi connectivity index (χ0n) is 15.9. The summed E-state index contributed by atoms with van der Waals surface area (Å²) in [4.78, 5) is 25.0. The molecule has 0 aliphatic rings. The van der Waals surface area contributed by atoms with Gasteiger partial charge in [-0.25, -0.2) is 0 Å². The van der Waals surface area contributed by atoms with Crippen LogP contribution in [-0.2, 0) is 4.79 Å². The van der Waals surface area contributed by atoms with E-state index < -0.39 is 46.3 Å². The van der Waals surface area contributed by atoms with Gasteiger partial charge in [0.05, 0.1) is 10.4 Å². The highest BCUT2D eigenvalue weighted by atomic mass is 32.1. The third kappa shape index (κ3) is 4.30. The first kappa shape index (κ1) is 26.5. The number of thiophene rings is 1. The Bertz CT molecular complexity index is 899. The molecule has 0 aromatic carbocycles. The molecule has 0 saturated heterocycles. The second-order valence-electron chi connectivity index (χ2n) is 6.02. The third-order valence-corrected chi connectivity index (χ3v) is 5.36. The van der Waals surface area contributed by atoms with E-state index in [9.17, 15) is 49.1 Å². The van der Waals surface area contributed by atoms with E-state index in [0.717, 1.165) is 5.32 Å². The Morgan fingerprint density at radius 2 is 1.48 bits per heavy atom. The second kappa shape index (κ2) is 8.56. The predicted octanol–water partition coefficient (Wildman–Crippen LogP) is 4.82. The topological polar surface area (TPSA) is 73.2 Å². The van der Waals surface area contributed by atoms with Gasteiger partial charge in [-0.2, -0.15) is 44.8 Å². The van der Waals surface area contributed by atoms with Crippen LogP contribution in [0.1, 0.15) is 34.6 Å². The number of nitrogens with zero attached hydrogens (tertiary/aromatic N) is 2. The summed E-state index contributed by atoms with van der Waals surface area (Å²) in [5.74, 6) is -24.8. The number of carbonyl (C=O) groups is 2. The highest BCUT2D eigenvalue weighted by Crippen LogP contribution is 2.53. The van der Waals surface area contributed by atoms with Gasteiger partial charge in [0.2, 0.25) is 0 Å². The Balaban J connectivity index is 3.40. The van der Waals surface area contributed by atoms with Crippen LogP contribution in [0.2, 0.25) is 0 Å². The van der Waals surface area contributed by atoms with Crippen molar-refractivity contribution in [2.45, 2.75) is 44.7 Å². The van der Waals surface area contributed by atoms with Crippen LogP contribution in [0.3, 0.4) is 0 Å². The number of carbonyl (C=O) groups excluding carboxylic acids is 2. The normalized spacial score (nSPS) is 13.0. The van der Waals surface area contributed by atoms with Crippen molar-refractivity contribution in [3.63, 3.8) is 0 Å². The van der Waals surface area contributed by atoms with E-state index in [1.807, 2.05) is 0 Å². The maximum absolute atomic E-state index is 13.8. The summed E-state index contributed by atoms with van der Waals surface area (Å²) < 4.78 is 117. The Hall–Kier alpha value is -2.50. The van der Waals surface area contributed by atoms with Crippen molar-refractivity contribution in [2.75, 3.05) is 18.4 Å². The van der Waals surface area contributed by atoms with Crippen LogP contribution in [0.5, 0.6) is 0 Å². The summed E-state index contributed by atoms with van der Waals surface area (Å²) in [5, 5.41) is 9.33. The molecule has 0 unspecified atom stereocenters. The van der Waals surface area contributed by atoms with Crippen molar-refractivity contribution >= 4 is 28.2 Å². The Labute approximate surface area is 173 Å². The van der Waals surface area contributed by atoms with Crippen LogP contribution in [0.25, 0.3) is 0 Å². The molecule has 2 amide bonds. The van der Waals surface area contributed by atoms with E-state index in [2.05, 4.69) is 0 Å². The Morgan fingerprint density at radius 1 is 1.00 bits per heavy atom. The van der Waals surface area contributed by atoms with Gasteiger partial charge in [0.1, 0.15) is 11.1 Å². The van der Waals surface area contributed by atoms with Crippen LogP contribution < -0.4 is 5.32 Å². The molecule has 1 rings (SSSR count). The van der Waals surface area contributed by atoms with E-state index >= 15 is 0 Å². The van der Waals surface area contributed by atoms with Gasteiger partial charge in [0.25, 0.3) is 5.91 Å². The SMILES string of the molecule is CCN(CC)C(=O)c1sc(NC(=O)C(F)(F)C(F)(F)C(F)(F)C(F)(F)F)c(C#N)c1C. The fraction of sp³-hybridized carbons (Fsp3) is 0.562. The number of alkyl halides is 9. The minimum Gasteiger partial charge on any atom is -0.338 e. The van der Waals surface area contributed by atoms with Crippen molar-refractivity contribution in [3.8, 4) is 6.07 Å². The van der Waals surface area contributed by atoms with Crippen molar-refractivity contribution in [1.82, 2.24) is 4.90 Å². The number of anilines is 1. The van der Waals surface area contributed by atoms with Crippen LogP contribution >= 0.6 is 11.3 Å². The second-order valence-corrected chi connectivity index (χ2v) is 7.05. The van der Waals surface area contributed by atoms with Gasteiger partial charge in [-0.15, -0.1) is 11.3 Å². The molecule has 1 heterocycles. The van der Waals surface area contributed by atoms with Crippen molar-refractivity contribution in [2.24, 2.45) is 0 Å². The summed E-state index contributed by atoms with van der Waals surface area (Å²) in [6.07, 6.45) is -7.08. The van der Waals surface area contributed by atoms with Crippen LogP contribution in [0.15, 0.2) is 0 Å². The summed E-state index contributed by atoms with van der Waals surface area (Å²) in [6, 6.07) is 1.43. The molecule has 0 bridgehead atoms. The number of amides is 2. The first-order chi connectivity index (χ1) is 13.9. The number of hydrogen-bond donors (Lipinski definition) is 1. The van der Waals surface area contributed by atoms with Gasteiger partial charge in [-0.3, -0.25) is 9.59 Å². The highest BCUT2D eigenvalue weighted by Gasteiger charge is 2.83. The molecule has 5 nitrogen and oxygen atoms in total. The van der Waals surface area contributed by atoms with E-state index in [4.69, 9.17) is 5.26 Å². The van der Waals surface area contributed by atoms with Gasteiger partial charge in [0, 0.05) is 13.1 Å². The number of halogens is 9. The lowest BCUT2D eigenvalue weighted by atomic mass is 10.0. The van der Waals surface area contributed by atoms with E-state index in [-0.39, 0.29) is 34.9 Å². The fourth-order valence-corrected chi connectivity index (χ4v) is 3.41. The van der Waals surface area contributed by atoms with Gasteiger partial charge >= 0.3 is 29.9 Å². The number of rotatable bonds is 7. The number of nitrogens with one attached hydrogen (secondary N) is 1. The standard InChI is InChI=1S/C16H14F9N3O2S/c1-4-28(5-2)11(29)9-7(3)8(6-26)10(31-9)27-12(30)13(17,18)14(19,20)15(21,22)16(23,24)25/h4-5H2,1-3H3,(H,27,30). The third-order valence-electron chi connectivity index (χ3n) is 4.16. The minimum atomic E-state index is -7.24. The smallest absolute Gasteiger partial charge is 0.338 e. The molecule has 0 radical (unpaired) electrons. The first-order valence-corrected chi connectivity index (χ1v) is 9.08. The molecule has 0 fully saturated rings. The molecule has 15 heteroatoms. The molecule has 31 heavy (non-hydrogen) atoms. The minimum absolute atomic E-state index is 0.129. The largest absolute Gasteiger partial charge is 0.460 e. The molecule has 0 spiro atoms. The van der Waals surface area contributed by atoms with Gasteiger partial charge in [0.15, 0.2) is 0 Å². The summed E-state index contributed by atoms with van der Waals surface area (Å²) in [7, 11) is 0. The molecular formula is C16H14F9N3O2S. The molecule has 0 saturated carbocycles. The van der Waals surface area contributed by atoms with Crippen LogP contribution in [0.4, 0.5) is 44.5 Å². The molecule has 0 aliphatic carbocycles. The van der Waals surface area contributed by atoms with E-state index in [1.54, 1.807) is 13.8 Å². The highest BCUT2D eigenvalue weighted by molar-refractivity contribution is 7.18. The zero-order chi connectivity index (χ0) is 24.6. The van der Waals surface area contributed by atoms with E-state index in [0.29, 0.717) is 0 Å². The molecule has 1 aromatic heterocycles. The lowest BCUT2D eigenvalue weighted by molar-refractivity contribution is -0.388. The van der Waals surface area contributed by atoms with Crippen molar-refractivity contribution in [3.05, 3.63) is 16.0 Å². The monoisotopic (exact) mass is 483 g/mol. The summed E-state index contributed by atoms with van der Waals surface area (Å²) >= 11 is 0.212. The molecule has 174 valence electrons. The zero-order valence-corrected chi connectivity index (χ0v) is 16.8. The molecular weight excluding hydrogens is 469 g/mol. The van der Waals surface area contributed by atoms with Crippen molar-refractivity contribution < 1.29 is 49.1 Å². The maximum atomic E-state index is 13.8. The Kier molecular flexibility index (Phi) is 7.33. The molecule has 1 aromatic rings. The summed E-state index contributed by atoms with van der Waals surface area (Å²) in [6.45, 7) is 4.72. The average molecular weight is 483 g/mol.